The highest BCUT2D eigenvalue weighted by Crippen LogP contribution is 2.26. The van der Waals surface area contributed by atoms with E-state index in [1.54, 1.807) is 0 Å². The van der Waals surface area contributed by atoms with Crippen LogP contribution in [0.15, 0.2) is 23.1 Å². The van der Waals surface area contributed by atoms with Gasteiger partial charge in [0.2, 0.25) is 0 Å². The molecule has 17 heavy (non-hydrogen) atoms. The Kier molecular flexibility index (Phi) is 7.02. The molecule has 0 saturated carbocycles. The van der Waals surface area contributed by atoms with Gasteiger partial charge in [-0.1, -0.05) is 38.8 Å². The molecule has 0 radical (unpaired) electrons. The molecule has 0 fully saturated rings. The second-order valence-electron chi connectivity index (χ2n) is 4.49. The van der Waals surface area contributed by atoms with Gasteiger partial charge in [-0.25, -0.2) is 0 Å². The summed E-state index contributed by atoms with van der Waals surface area (Å²) in [7, 11) is 0. The van der Waals surface area contributed by atoms with E-state index in [1.165, 1.54) is 29.1 Å². The highest BCUT2D eigenvalue weighted by atomic mass is 35.5. The van der Waals surface area contributed by atoms with Gasteiger partial charge < -0.3 is 5.32 Å². The summed E-state index contributed by atoms with van der Waals surface area (Å²) in [6.07, 6.45) is 2.52. The third kappa shape index (κ3) is 5.80. The number of hydrogen-bond acceptors (Lipinski definition) is 2. The van der Waals surface area contributed by atoms with E-state index >= 15 is 0 Å². The number of benzene rings is 1. The van der Waals surface area contributed by atoms with Gasteiger partial charge in [0.25, 0.3) is 0 Å². The number of hydrogen-bond donors (Lipinski definition) is 1. The smallest absolute Gasteiger partial charge is 0.0410 e. The molecule has 0 heterocycles. The first-order chi connectivity index (χ1) is 8.13. The maximum Gasteiger partial charge on any atom is 0.0410 e. The molecule has 0 amide bonds. The maximum absolute atomic E-state index is 6.06. The maximum atomic E-state index is 6.06. The first-order valence-electron chi connectivity index (χ1n) is 6.28. The quantitative estimate of drug-likeness (QED) is 0.568. The fourth-order valence-corrected chi connectivity index (χ4v) is 2.80. The lowest BCUT2D eigenvalue weighted by Gasteiger charge is -2.12. The Hall–Kier alpha value is -0.180. The van der Waals surface area contributed by atoms with E-state index in [0.717, 1.165) is 11.6 Å². The molecule has 96 valence electrons. The SMILES string of the molecule is CCCCSc1ccc(Cl)cc1CNC(C)C. The molecule has 1 rings (SSSR count). The number of halogens is 1. The van der Waals surface area contributed by atoms with Crippen molar-refractivity contribution in [1.29, 1.82) is 0 Å². The zero-order chi connectivity index (χ0) is 12.7. The van der Waals surface area contributed by atoms with Gasteiger partial charge in [-0.2, -0.15) is 0 Å². The predicted molar refractivity (Wildman–Crippen MR) is 79.1 cm³/mol. The summed E-state index contributed by atoms with van der Waals surface area (Å²) >= 11 is 7.99. The summed E-state index contributed by atoms with van der Waals surface area (Å²) < 4.78 is 0. The number of nitrogens with one attached hydrogen (secondary N) is 1. The van der Waals surface area contributed by atoms with Gasteiger partial charge in [0.1, 0.15) is 0 Å². The van der Waals surface area contributed by atoms with E-state index in [2.05, 4.69) is 38.2 Å². The monoisotopic (exact) mass is 271 g/mol. The lowest BCUT2D eigenvalue weighted by Crippen LogP contribution is -2.22. The summed E-state index contributed by atoms with van der Waals surface area (Å²) in [5.41, 5.74) is 1.31. The van der Waals surface area contributed by atoms with E-state index in [9.17, 15) is 0 Å². The lowest BCUT2D eigenvalue weighted by atomic mass is 10.2. The molecule has 1 aromatic rings. The molecule has 0 unspecified atom stereocenters. The van der Waals surface area contributed by atoms with Crippen LogP contribution in [-0.4, -0.2) is 11.8 Å². The Labute approximate surface area is 114 Å². The Morgan fingerprint density at radius 1 is 1.35 bits per heavy atom. The Morgan fingerprint density at radius 3 is 2.76 bits per heavy atom. The minimum atomic E-state index is 0.502. The van der Waals surface area contributed by atoms with Crippen molar-refractivity contribution < 1.29 is 0 Å². The van der Waals surface area contributed by atoms with Gasteiger partial charge in [0.05, 0.1) is 0 Å². The highest BCUT2D eigenvalue weighted by molar-refractivity contribution is 7.99. The van der Waals surface area contributed by atoms with Crippen LogP contribution in [0.25, 0.3) is 0 Å². The van der Waals surface area contributed by atoms with E-state index in [-0.39, 0.29) is 0 Å². The lowest BCUT2D eigenvalue weighted by molar-refractivity contribution is 0.585. The van der Waals surface area contributed by atoms with Crippen LogP contribution in [0.1, 0.15) is 39.2 Å². The molecule has 1 aromatic carbocycles. The van der Waals surface area contributed by atoms with Crippen LogP contribution >= 0.6 is 23.4 Å². The van der Waals surface area contributed by atoms with Gasteiger partial charge >= 0.3 is 0 Å². The fourth-order valence-electron chi connectivity index (χ4n) is 1.47. The van der Waals surface area contributed by atoms with E-state index < -0.39 is 0 Å². The van der Waals surface area contributed by atoms with Crippen LogP contribution in [0.5, 0.6) is 0 Å². The molecular weight excluding hydrogens is 250 g/mol. The van der Waals surface area contributed by atoms with Crippen LogP contribution in [0.3, 0.4) is 0 Å². The van der Waals surface area contributed by atoms with Crippen molar-refractivity contribution in [2.45, 2.75) is 51.1 Å². The molecule has 0 spiro atoms. The Balaban J connectivity index is 2.66. The molecule has 0 atom stereocenters. The molecule has 0 aliphatic carbocycles. The molecule has 1 N–H and O–H groups in total. The van der Waals surface area contributed by atoms with Crippen LogP contribution in [0.2, 0.25) is 5.02 Å². The molecule has 1 nitrogen and oxygen atoms in total. The first-order valence-corrected chi connectivity index (χ1v) is 7.64. The molecular formula is C14H22ClNS. The van der Waals surface area contributed by atoms with Gasteiger partial charge in [-0.15, -0.1) is 11.8 Å². The van der Waals surface area contributed by atoms with Crippen molar-refractivity contribution in [3.8, 4) is 0 Å². The van der Waals surface area contributed by atoms with E-state index in [1.807, 2.05) is 17.8 Å². The second kappa shape index (κ2) is 8.02. The van der Waals surface area contributed by atoms with Gasteiger partial charge in [0.15, 0.2) is 0 Å². The largest absolute Gasteiger partial charge is 0.310 e. The average Bonchev–Trinajstić information content (AvgIpc) is 2.29. The number of unbranched alkanes of at least 4 members (excludes halogenated alkanes) is 1. The summed E-state index contributed by atoms with van der Waals surface area (Å²) in [5.74, 6) is 1.19. The Bertz CT molecular complexity index is 339. The summed E-state index contributed by atoms with van der Waals surface area (Å²) in [6, 6.07) is 6.70. The normalized spacial score (nSPS) is 11.1. The molecule has 0 saturated heterocycles. The van der Waals surface area contributed by atoms with Crippen molar-refractivity contribution in [2.75, 3.05) is 5.75 Å². The minimum absolute atomic E-state index is 0.502. The van der Waals surface area contributed by atoms with Crippen molar-refractivity contribution in [3.63, 3.8) is 0 Å². The standard InChI is InChI=1S/C14H22ClNS/c1-4-5-8-17-14-7-6-13(15)9-12(14)10-16-11(2)3/h6-7,9,11,16H,4-5,8,10H2,1-3H3. The van der Waals surface area contributed by atoms with Crippen LogP contribution in [-0.2, 0) is 6.54 Å². The van der Waals surface area contributed by atoms with Crippen LogP contribution in [0.4, 0.5) is 0 Å². The Morgan fingerprint density at radius 2 is 2.12 bits per heavy atom. The summed E-state index contributed by atoms with van der Waals surface area (Å²) in [4.78, 5) is 1.36. The van der Waals surface area contributed by atoms with Crippen molar-refractivity contribution in [1.82, 2.24) is 5.32 Å². The fraction of sp³-hybridized carbons (Fsp3) is 0.571. The number of rotatable bonds is 7. The molecule has 0 aliphatic heterocycles. The minimum Gasteiger partial charge on any atom is -0.310 e. The summed E-state index contributed by atoms with van der Waals surface area (Å²) in [6.45, 7) is 7.44. The van der Waals surface area contributed by atoms with Crippen molar-refractivity contribution >= 4 is 23.4 Å². The zero-order valence-corrected chi connectivity index (χ0v) is 12.5. The zero-order valence-electron chi connectivity index (χ0n) is 10.9. The molecule has 0 bridgehead atoms. The second-order valence-corrected chi connectivity index (χ2v) is 6.06. The highest BCUT2D eigenvalue weighted by Gasteiger charge is 2.04. The molecule has 0 aliphatic rings. The van der Waals surface area contributed by atoms with Crippen LogP contribution in [0, 0.1) is 0 Å². The third-order valence-electron chi connectivity index (χ3n) is 2.48. The van der Waals surface area contributed by atoms with E-state index in [0.29, 0.717) is 6.04 Å². The first kappa shape index (κ1) is 14.9. The van der Waals surface area contributed by atoms with Crippen LogP contribution < -0.4 is 5.32 Å². The summed E-state index contributed by atoms with van der Waals surface area (Å²) in [5, 5.41) is 4.27. The van der Waals surface area contributed by atoms with Gasteiger partial charge in [0, 0.05) is 22.5 Å². The van der Waals surface area contributed by atoms with Crippen molar-refractivity contribution in [3.05, 3.63) is 28.8 Å². The average molecular weight is 272 g/mol. The van der Waals surface area contributed by atoms with Crippen molar-refractivity contribution in [2.24, 2.45) is 0 Å². The van der Waals surface area contributed by atoms with Gasteiger partial charge in [-0.05, 0) is 35.9 Å². The topological polar surface area (TPSA) is 12.0 Å². The van der Waals surface area contributed by atoms with Gasteiger partial charge in [-0.3, -0.25) is 0 Å². The number of thioether (sulfide) groups is 1. The molecule has 0 aromatic heterocycles. The predicted octanol–water partition coefficient (Wildman–Crippen LogP) is 4.73. The van der Waals surface area contributed by atoms with E-state index in [4.69, 9.17) is 11.6 Å². The third-order valence-corrected chi connectivity index (χ3v) is 3.92. The molecule has 3 heteroatoms.